The molecule has 6 nitrogen and oxygen atoms in total. The van der Waals surface area contributed by atoms with Crippen molar-refractivity contribution in [3.8, 4) is 0 Å². The molecule has 2 aromatic carbocycles. The van der Waals surface area contributed by atoms with E-state index in [1.54, 1.807) is 55.5 Å². The van der Waals surface area contributed by atoms with Crippen LogP contribution in [0, 0.1) is 0 Å². The summed E-state index contributed by atoms with van der Waals surface area (Å²) in [5.74, 6) is -0.565. The van der Waals surface area contributed by atoms with E-state index in [1.165, 1.54) is 6.07 Å². The number of nitrogens with zero attached hydrogens (tertiary/aromatic N) is 1. The van der Waals surface area contributed by atoms with Gasteiger partial charge >= 0.3 is 5.91 Å². The molecule has 2 N–H and O–H groups in total. The molecule has 0 saturated heterocycles. The van der Waals surface area contributed by atoms with Crippen LogP contribution < -0.4 is 10.7 Å². The standard InChI is InChI=1S/C20H15BrClN3O3/c1-12(24-25-20(27)17-9-10-18(21)28-17)14-3-2-4-16(11-14)23-19(26)13-5-7-15(22)8-6-13/h2-11H,1H3,(H,23,26)(H,25,27). The number of halogens is 2. The molecule has 1 heterocycles. The minimum Gasteiger partial charge on any atom is -0.444 e. The molecule has 28 heavy (non-hydrogen) atoms. The molecule has 0 bridgehead atoms. The van der Waals surface area contributed by atoms with Crippen LogP contribution in [0.5, 0.6) is 0 Å². The van der Waals surface area contributed by atoms with Crippen LogP contribution in [0.15, 0.2) is 74.9 Å². The lowest BCUT2D eigenvalue weighted by molar-refractivity contribution is 0.0925. The summed E-state index contributed by atoms with van der Waals surface area (Å²) in [5, 5.41) is 7.47. The largest absolute Gasteiger partial charge is 0.444 e. The number of benzene rings is 2. The van der Waals surface area contributed by atoms with Crippen LogP contribution in [0.25, 0.3) is 0 Å². The third kappa shape index (κ3) is 5.09. The maximum absolute atomic E-state index is 12.3. The quantitative estimate of drug-likeness (QED) is 0.410. The Labute approximate surface area is 174 Å². The molecule has 0 spiro atoms. The van der Waals surface area contributed by atoms with Crippen LogP contribution in [0.3, 0.4) is 0 Å². The number of hydrogen-bond acceptors (Lipinski definition) is 4. The first kappa shape index (κ1) is 19.9. The maximum Gasteiger partial charge on any atom is 0.307 e. The van der Waals surface area contributed by atoms with E-state index in [0.717, 1.165) is 5.56 Å². The van der Waals surface area contributed by atoms with Gasteiger partial charge in [-0.25, -0.2) is 5.43 Å². The third-order valence-corrected chi connectivity index (χ3v) is 4.44. The smallest absolute Gasteiger partial charge is 0.307 e. The molecule has 0 radical (unpaired) electrons. The molecule has 1 aromatic heterocycles. The maximum atomic E-state index is 12.3. The highest BCUT2D eigenvalue weighted by molar-refractivity contribution is 9.10. The summed E-state index contributed by atoms with van der Waals surface area (Å²) in [5.41, 5.74) is 4.85. The lowest BCUT2D eigenvalue weighted by Gasteiger charge is -2.08. The van der Waals surface area contributed by atoms with Crippen molar-refractivity contribution in [2.24, 2.45) is 5.10 Å². The number of furan rings is 1. The predicted molar refractivity (Wildman–Crippen MR) is 112 cm³/mol. The molecule has 0 aliphatic carbocycles. The minimum atomic E-state index is -0.461. The summed E-state index contributed by atoms with van der Waals surface area (Å²) >= 11 is 8.98. The van der Waals surface area contributed by atoms with Gasteiger partial charge in [0.1, 0.15) is 0 Å². The Hall–Kier alpha value is -2.90. The van der Waals surface area contributed by atoms with Crippen molar-refractivity contribution >= 4 is 50.7 Å². The third-order valence-electron chi connectivity index (χ3n) is 3.77. The van der Waals surface area contributed by atoms with E-state index in [2.05, 4.69) is 31.8 Å². The van der Waals surface area contributed by atoms with Crippen LogP contribution in [-0.4, -0.2) is 17.5 Å². The highest BCUT2D eigenvalue weighted by Crippen LogP contribution is 2.16. The molecule has 0 fully saturated rings. The number of amides is 2. The molecule has 0 unspecified atom stereocenters. The van der Waals surface area contributed by atoms with E-state index in [4.69, 9.17) is 16.0 Å². The number of nitrogens with one attached hydrogen (secondary N) is 2. The first-order valence-corrected chi connectivity index (χ1v) is 9.37. The van der Waals surface area contributed by atoms with E-state index >= 15 is 0 Å². The Kier molecular flexibility index (Phi) is 6.28. The number of hydrazone groups is 1. The van der Waals surface area contributed by atoms with Crippen molar-refractivity contribution in [1.29, 1.82) is 0 Å². The van der Waals surface area contributed by atoms with Crippen molar-refractivity contribution in [2.75, 3.05) is 5.32 Å². The average molecular weight is 461 g/mol. The van der Waals surface area contributed by atoms with Crippen molar-refractivity contribution in [3.05, 3.63) is 87.2 Å². The molecular weight excluding hydrogens is 446 g/mol. The minimum absolute atomic E-state index is 0.146. The van der Waals surface area contributed by atoms with E-state index in [1.807, 2.05) is 6.07 Å². The summed E-state index contributed by atoms with van der Waals surface area (Å²) in [7, 11) is 0. The van der Waals surface area contributed by atoms with Gasteiger partial charge in [0.15, 0.2) is 10.4 Å². The number of carbonyl (C=O) groups is 2. The van der Waals surface area contributed by atoms with Gasteiger partial charge in [0, 0.05) is 16.3 Å². The summed E-state index contributed by atoms with van der Waals surface area (Å²) in [6.07, 6.45) is 0. The molecule has 8 heteroatoms. The Morgan fingerprint density at radius 1 is 1.00 bits per heavy atom. The molecular formula is C20H15BrClN3O3. The van der Waals surface area contributed by atoms with Gasteiger partial charge < -0.3 is 9.73 Å². The number of rotatable bonds is 5. The van der Waals surface area contributed by atoms with Crippen molar-refractivity contribution in [1.82, 2.24) is 5.43 Å². The Morgan fingerprint density at radius 2 is 1.75 bits per heavy atom. The van der Waals surface area contributed by atoms with Crippen LogP contribution in [0.2, 0.25) is 5.02 Å². The number of anilines is 1. The van der Waals surface area contributed by atoms with Crippen LogP contribution in [0.4, 0.5) is 5.69 Å². The first-order valence-electron chi connectivity index (χ1n) is 8.20. The van der Waals surface area contributed by atoms with Gasteiger partial charge in [0.05, 0.1) is 5.71 Å². The van der Waals surface area contributed by atoms with Gasteiger partial charge in [0.25, 0.3) is 5.91 Å². The zero-order chi connectivity index (χ0) is 20.1. The van der Waals surface area contributed by atoms with Crippen molar-refractivity contribution in [3.63, 3.8) is 0 Å². The summed E-state index contributed by atoms with van der Waals surface area (Å²) < 4.78 is 5.64. The van der Waals surface area contributed by atoms with Gasteiger partial charge in [0.2, 0.25) is 0 Å². The number of carbonyl (C=O) groups excluding carboxylic acids is 2. The van der Waals surface area contributed by atoms with Gasteiger partial charge in [-0.2, -0.15) is 5.10 Å². The lowest BCUT2D eigenvalue weighted by Crippen LogP contribution is -2.18. The average Bonchev–Trinajstić information content (AvgIpc) is 3.13. The molecule has 0 aliphatic rings. The van der Waals surface area contributed by atoms with Gasteiger partial charge in [-0.05, 0) is 76.9 Å². The highest BCUT2D eigenvalue weighted by atomic mass is 79.9. The van der Waals surface area contributed by atoms with E-state index in [0.29, 0.717) is 26.7 Å². The summed E-state index contributed by atoms with van der Waals surface area (Å²) in [4.78, 5) is 24.3. The zero-order valence-corrected chi connectivity index (χ0v) is 17.0. The van der Waals surface area contributed by atoms with Gasteiger partial charge in [-0.1, -0.05) is 23.7 Å². The monoisotopic (exact) mass is 459 g/mol. The van der Waals surface area contributed by atoms with Gasteiger partial charge in [-0.15, -0.1) is 0 Å². The Balaban J connectivity index is 1.68. The second-order valence-electron chi connectivity index (χ2n) is 5.78. The fraction of sp³-hybridized carbons (Fsp3) is 0.0500. The molecule has 3 rings (SSSR count). The van der Waals surface area contributed by atoms with Crippen LogP contribution in [-0.2, 0) is 0 Å². The fourth-order valence-electron chi connectivity index (χ4n) is 2.32. The fourth-order valence-corrected chi connectivity index (χ4v) is 2.75. The summed E-state index contributed by atoms with van der Waals surface area (Å²) in [6.45, 7) is 1.75. The Bertz CT molecular complexity index is 1040. The van der Waals surface area contributed by atoms with E-state index in [-0.39, 0.29) is 11.7 Å². The van der Waals surface area contributed by atoms with Crippen molar-refractivity contribution in [2.45, 2.75) is 6.92 Å². The zero-order valence-electron chi connectivity index (χ0n) is 14.7. The molecule has 142 valence electrons. The molecule has 0 aliphatic heterocycles. The summed E-state index contributed by atoms with van der Waals surface area (Å²) in [6, 6.07) is 16.9. The molecule has 2 amide bonds. The Morgan fingerprint density at radius 3 is 2.43 bits per heavy atom. The number of hydrogen-bond donors (Lipinski definition) is 2. The lowest BCUT2D eigenvalue weighted by atomic mass is 10.1. The van der Waals surface area contributed by atoms with Crippen molar-refractivity contribution < 1.29 is 14.0 Å². The highest BCUT2D eigenvalue weighted by Gasteiger charge is 2.10. The SMILES string of the molecule is CC(=NNC(=O)c1ccc(Br)o1)c1cccc(NC(=O)c2ccc(Cl)cc2)c1. The normalized spacial score (nSPS) is 11.2. The van der Waals surface area contributed by atoms with E-state index < -0.39 is 5.91 Å². The topological polar surface area (TPSA) is 83.7 Å². The second-order valence-corrected chi connectivity index (χ2v) is 7.00. The predicted octanol–water partition coefficient (Wildman–Crippen LogP) is 5.10. The molecule has 0 atom stereocenters. The van der Waals surface area contributed by atoms with Crippen LogP contribution >= 0.6 is 27.5 Å². The first-order chi connectivity index (χ1) is 13.4. The van der Waals surface area contributed by atoms with E-state index in [9.17, 15) is 9.59 Å². The van der Waals surface area contributed by atoms with Gasteiger partial charge in [-0.3, -0.25) is 9.59 Å². The second kappa shape index (κ2) is 8.86. The van der Waals surface area contributed by atoms with Crippen LogP contribution in [0.1, 0.15) is 33.4 Å². The molecule has 3 aromatic rings. The molecule has 0 saturated carbocycles.